The first-order valence-corrected chi connectivity index (χ1v) is 9.36. The molecule has 0 fully saturated rings. The van der Waals surface area contributed by atoms with Crippen molar-refractivity contribution in [2.24, 2.45) is 0 Å². The zero-order valence-electron chi connectivity index (χ0n) is 14.7. The van der Waals surface area contributed by atoms with Crippen LogP contribution >= 0.6 is 16.8 Å². The number of hydrogen-bond donors (Lipinski definition) is 0. The number of hydrogen-bond acceptors (Lipinski definition) is 5. The Morgan fingerprint density at radius 2 is 1.05 bits per heavy atom. The van der Waals surface area contributed by atoms with Gasteiger partial charge in [0, 0.05) is 28.4 Å². The number of nitrogens with zero attached hydrogens (tertiary/aromatic N) is 1. The minimum Gasteiger partial charge on any atom is -0.337 e. The van der Waals surface area contributed by atoms with E-state index in [9.17, 15) is 0 Å². The monoisotopic (exact) mass is 347 g/mol. The fourth-order valence-corrected chi connectivity index (χ4v) is 5.11. The summed E-state index contributed by atoms with van der Waals surface area (Å²) >= 11 is 0. The summed E-state index contributed by atoms with van der Waals surface area (Å²) in [6, 6.07) is 6.03. The molecule has 1 heterocycles. The van der Waals surface area contributed by atoms with Crippen LogP contribution in [0.5, 0.6) is 0 Å². The lowest BCUT2D eigenvalue weighted by atomic mass is 10.0. The lowest BCUT2D eigenvalue weighted by Crippen LogP contribution is -2.23. The fourth-order valence-electron chi connectivity index (χ4n) is 2.37. The summed E-state index contributed by atoms with van der Waals surface area (Å²) < 4.78 is 22.0. The van der Waals surface area contributed by atoms with Crippen molar-refractivity contribution in [1.82, 2.24) is 4.98 Å². The molecule has 0 atom stereocenters. The Kier molecular flexibility index (Phi) is 7.32. The van der Waals surface area contributed by atoms with Crippen LogP contribution in [-0.2, 0) is 28.4 Å². The summed E-state index contributed by atoms with van der Waals surface area (Å²) in [5.74, 6) is 0. The third-order valence-electron chi connectivity index (χ3n) is 3.58. The summed E-state index contributed by atoms with van der Waals surface area (Å²) in [5.41, 5.74) is 1.88. The predicted molar refractivity (Wildman–Crippen MR) is 92.2 cm³/mol. The molecule has 126 valence electrons. The Hall–Kier alpha value is -0.150. The summed E-state index contributed by atoms with van der Waals surface area (Å²) in [6.07, 6.45) is 0. The van der Waals surface area contributed by atoms with Gasteiger partial charge in [-0.1, -0.05) is 6.07 Å². The average Bonchev–Trinajstić information content (AvgIpc) is 2.49. The van der Waals surface area contributed by atoms with Crippen LogP contribution in [-0.4, -0.2) is 33.4 Å². The standard InChI is InChI=1S/C15H27NO4P2/c1-14(2,21(17-5)18-6)12-10-9-11-13(16-12)15(3,4)22(19-7)20-8/h9-11H,1-8H3. The van der Waals surface area contributed by atoms with Gasteiger partial charge in [-0.25, -0.2) is 0 Å². The van der Waals surface area contributed by atoms with Gasteiger partial charge in [-0.15, -0.1) is 0 Å². The Morgan fingerprint density at radius 3 is 1.32 bits per heavy atom. The minimum absolute atomic E-state index is 0.312. The maximum absolute atomic E-state index is 5.49. The molecule has 1 aromatic rings. The van der Waals surface area contributed by atoms with Crippen LogP contribution in [0.25, 0.3) is 0 Å². The second kappa shape index (κ2) is 8.10. The molecule has 0 aromatic carbocycles. The van der Waals surface area contributed by atoms with Crippen LogP contribution in [0, 0.1) is 0 Å². The quantitative estimate of drug-likeness (QED) is 0.635. The van der Waals surface area contributed by atoms with Crippen molar-refractivity contribution in [2.45, 2.75) is 38.0 Å². The maximum atomic E-state index is 5.49. The van der Waals surface area contributed by atoms with E-state index in [4.69, 9.17) is 23.1 Å². The van der Waals surface area contributed by atoms with Crippen LogP contribution in [0.15, 0.2) is 18.2 Å². The van der Waals surface area contributed by atoms with E-state index in [-0.39, 0.29) is 10.3 Å². The molecule has 1 rings (SSSR count). The maximum Gasteiger partial charge on any atom is 0.182 e. The third kappa shape index (κ3) is 4.03. The molecule has 0 spiro atoms. The van der Waals surface area contributed by atoms with Crippen LogP contribution in [0.3, 0.4) is 0 Å². The summed E-state index contributed by atoms with van der Waals surface area (Å²) in [5, 5.41) is -0.623. The molecule has 5 nitrogen and oxygen atoms in total. The van der Waals surface area contributed by atoms with Crippen molar-refractivity contribution in [3.8, 4) is 0 Å². The molecule has 0 radical (unpaired) electrons. The molecule has 0 saturated carbocycles. The van der Waals surface area contributed by atoms with E-state index in [1.165, 1.54) is 0 Å². The number of pyridine rings is 1. The third-order valence-corrected chi connectivity index (χ3v) is 7.19. The van der Waals surface area contributed by atoms with Gasteiger partial charge >= 0.3 is 0 Å². The summed E-state index contributed by atoms with van der Waals surface area (Å²) in [6.45, 7) is 8.33. The molecule has 0 aliphatic rings. The number of aromatic nitrogens is 1. The second-order valence-corrected chi connectivity index (χ2v) is 10.5. The van der Waals surface area contributed by atoms with Crippen molar-refractivity contribution in [3.05, 3.63) is 29.6 Å². The first-order chi connectivity index (χ1) is 10.2. The molecular formula is C15H27NO4P2. The van der Waals surface area contributed by atoms with E-state index >= 15 is 0 Å². The van der Waals surface area contributed by atoms with Crippen molar-refractivity contribution in [2.75, 3.05) is 28.4 Å². The Labute approximate surface area is 136 Å². The summed E-state index contributed by atoms with van der Waals surface area (Å²) in [7, 11) is 4.53. The highest BCUT2D eigenvalue weighted by Gasteiger charge is 2.38. The van der Waals surface area contributed by atoms with Crippen LogP contribution < -0.4 is 0 Å². The molecule has 0 unspecified atom stereocenters. The minimum atomic E-state index is -1.07. The van der Waals surface area contributed by atoms with Gasteiger partial charge < -0.3 is 18.1 Å². The molecule has 7 heteroatoms. The normalized spacial score (nSPS) is 13.2. The predicted octanol–water partition coefficient (Wildman–Crippen LogP) is 4.76. The Balaban J connectivity index is 3.24. The molecule has 0 aliphatic heterocycles. The molecule has 0 N–H and O–H groups in total. The van der Waals surface area contributed by atoms with Gasteiger partial charge in [0.15, 0.2) is 16.8 Å². The average molecular weight is 347 g/mol. The van der Waals surface area contributed by atoms with Crippen LogP contribution in [0.4, 0.5) is 0 Å². The molecule has 0 bridgehead atoms. The molecule has 1 aromatic heterocycles. The van der Waals surface area contributed by atoms with Crippen molar-refractivity contribution in [1.29, 1.82) is 0 Å². The highest BCUT2D eigenvalue weighted by Crippen LogP contribution is 2.58. The van der Waals surface area contributed by atoms with Crippen LogP contribution in [0.2, 0.25) is 0 Å². The zero-order valence-corrected chi connectivity index (χ0v) is 16.5. The Morgan fingerprint density at radius 1 is 0.727 bits per heavy atom. The van der Waals surface area contributed by atoms with Gasteiger partial charge in [0.2, 0.25) is 0 Å². The van der Waals surface area contributed by atoms with E-state index in [0.29, 0.717) is 0 Å². The van der Waals surface area contributed by atoms with E-state index in [2.05, 4.69) is 27.7 Å². The van der Waals surface area contributed by atoms with E-state index in [0.717, 1.165) is 11.4 Å². The largest absolute Gasteiger partial charge is 0.337 e. The van der Waals surface area contributed by atoms with E-state index < -0.39 is 16.8 Å². The van der Waals surface area contributed by atoms with Crippen molar-refractivity contribution in [3.63, 3.8) is 0 Å². The zero-order chi connectivity index (χ0) is 17.0. The summed E-state index contributed by atoms with van der Waals surface area (Å²) in [4.78, 5) is 4.86. The van der Waals surface area contributed by atoms with Gasteiger partial charge in [0.25, 0.3) is 0 Å². The molecule has 0 amide bonds. The van der Waals surface area contributed by atoms with Gasteiger partial charge in [0.1, 0.15) is 0 Å². The smallest absolute Gasteiger partial charge is 0.182 e. The molecular weight excluding hydrogens is 320 g/mol. The highest BCUT2D eigenvalue weighted by atomic mass is 31.2. The Bertz CT molecular complexity index is 435. The first-order valence-electron chi connectivity index (χ1n) is 7.00. The topological polar surface area (TPSA) is 49.8 Å². The SMILES string of the molecule is COP(OC)C(C)(C)c1cccc(C(C)(C)P(OC)OC)n1. The van der Waals surface area contributed by atoms with Crippen LogP contribution in [0.1, 0.15) is 39.1 Å². The van der Waals surface area contributed by atoms with E-state index in [1.807, 2.05) is 18.2 Å². The lowest BCUT2D eigenvalue weighted by molar-refractivity contribution is 0.313. The van der Waals surface area contributed by atoms with Gasteiger partial charge in [-0.05, 0) is 39.8 Å². The molecule has 0 saturated heterocycles. The number of rotatable bonds is 8. The van der Waals surface area contributed by atoms with Gasteiger partial charge in [-0.3, -0.25) is 4.98 Å². The van der Waals surface area contributed by atoms with Gasteiger partial charge in [-0.2, -0.15) is 0 Å². The van der Waals surface area contributed by atoms with Crippen molar-refractivity contribution < 1.29 is 18.1 Å². The van der Waals surface area contributed by atoms with Crippen molar-refractivity contribution >= 4 is 16.8 Å². The highest BCUT2D eigenvalue weighted by molar-refractivity contribution is 7.48. The second-order valence-electron chi connectivity index (χ2n) is 5.77. The fraction of sp³-hybridized carbons (Fsp3) is 0.667. The lowest BCUT2D eigenvalue weighted by Gasteiger charge is -2.33. The molecule has 22 heavy (non-hydrogen) atoms. The van der Waals surface area contributed by atoms with E-state index in [1.54, 1.807) is 28.4 Å². The van der Waals surface area contributed by atoms with Gasteiger partial charge in [0.05, 0.1) is 21.7 Å². The molecule has 0 aliphatic carbocycles. The first kappa shape index (κ1) is 19.9.